The summed E-state index contributed by atoms with van der Waals surface area (Å²) in [6, 6.07) is 0.903. The van der Waals surface area contributed by atoms with Crippen LogP contribution in [0.5, 0.6) is 0 Å². The number of carbonyl (C=O) groups excluding carboxylic acids is 1. The Kier molecular flexibility index (Phi) is 6.94. The first-order valence-corrected chi connectivity index (χ1v) is 12.5. The fourth-order valence-corrected chi connectivity index (χ4v) is 4.19. The van der Waals surface area contributed by atoms with Crippen LogP contribution >= 0.6 is 0 Å². The fourth-order valence-electron chi connectivity index (χ4n) is 3.67. The summed E-state index contributed by atoms with van der Waals surface area (Å²) in [5, 5.41) is -0.439. The number of rotatable bonds is 4. The standard InChI is InChI=1S/C20H30F2N4O5S/c1-19(2,3)31-18(27)26(14-5-7-20(21,22)8-6-14)16-13-15(25-9-11-30-12-10-25)23-17(24-16)32(4,28)29/h13-14H,5-12H2,1-4H3. The minimum atomic E-state index is -3.81. The number of halogens is 2. The molecule has 1 aromatic rings. The van der Waals surface area contributed by atoms with Gasteiger partial charge in [-0.15, -0.1) is 0 Å². The van der Waals surface area contributed by atoms with E-state index >= 15 is 0 Å². The molecule has 180 valence electrons. The molecule has 1 aliphatic heterocycles. The van der Waals surface area contributed by atoms with E-state index in [1.165, 1.54) is 11.0 Å². The maximum Gasteiger partial charge on any atom is 0.416 e. The summed E-state index contributed by atoms with van der Waals surface area (Å²) >= 11 is 0. The van der Waals surface area contributed by atoms with Crippen LogP contribution in [0.25, 0.3) is 0 Å². The highest BCUT2D eigenvalue weighted by molar-refractivity contribution is 7.90. The zero-order valence-corrected chi connectivity index (χ0v) is 19.6. The van der Waals surface area contributed by atoms with Gasteiger partial charge in [0.05, 0.1) is 13.2 Å². The second-order valence-electron chi connectivity index (χ2n) is 9.18. The second kappa shape index (κ2) is 9.05. The number of hydrogen-bond donors (Lipinski definition) is 0. The van der Waals surface area contributed by atoms with Gasteiger partial charge in [0.2, 0.25) is 15.8 Å². The number of morpholine rings is 1. The predicted molar refractivity (Wildman–Crippen MR) is 114 cm³/mol. The molecule has 0 aromatic carbocycles. The minimum absolute atomic E-state index is 0.0198. The summed E-state index contributed by atoms with van der Waals surface area (Å²) in [4.78, 5) is 24.5. The monoisotopic (exact) mass is 476 g/mol. The number of alkyl halides is 2. The van der Waals surface area contributed by atoms with Gasteiger partial charge in [0.15, 0.2) is 0 Å². The van der Waals surface area contributed by atoms with Crippen molar-refractivity contribution in [2.75, 3.05) is 42.4 Å². The lowest BCUT2D eigenvalue weighted by Crippen LogP contribution is -2.47. The van der Waals surface area contributed by atoms with Gasteiger partial charge in [-0.05, 0) is 33.6 Å². The Hall–Kier alpha value is -2.08. The van der Waals surface area contributed by atoms with Crippen molar-refractivity contribution in [2.45, 2.75) is 69.2 Å². The SMILES string of the molecule is CC(C)(C)OC(=O)N(c1cc(N2CCOCC2)nc(S(C)(=O)=O)n1)C1CCC(F)(F)CC1. The van der Waals surface area contributed by atoms with E-state index < -0.39 is 38.7 Å². The van der Waals surface area contributed by atoms with Crippen LogP contribution in [0.4, 0.5) is 25.2 Å². The molecule has 2 heterocycles. The number of nitrogens with zero attached hydrogens (tertiary/aromatic N) is 4. The Morgan fingerprint density at radius 3 is 2.34 bits per heavy atom. The molecular formula is C20H30F2N4O5S. The number of ether oxygens (including phenoxy) is 2. The van der Waals surface area contributed by atoms with E-state index in [4.69, 9.17) is 9.47 Å². The molecule has 1 amide bonds. The highest BCUT2D eigenvalue weighted by Crippen LogP contribution is 2.37. The first-order chi connectivity index (χ1) is 14.8. The van der Waals surface area contributed by atoms with Gasteiger partial charge in [-0.3, -0.25) is 4.90 Å². The smallest absolute Gasteiger partial charge is 0.416 e. The first-order valence-electron chi connectivity index (χ1n) is 10.6. The van der Waals surface area contributed by atoms with Crippen LogP contribution in [-0.2, 0) is 19.3 Å². The topological polar surface area (TPSA) is 102 Å². The zero-order valence-electron chi connectivity index (χ0n) is 18.8. The van der Waals surface area contributed by atoms with E-state index in [0.29, 0.717) is 32.1 Å². The molecule has 3 rings (SSSR count). The first kappa shape index (κ1) is 24.6. The number of sulfone groups is 1. The van der Waals surface area contributed by atoms with Crippen LogP contribution in [0.1, 0.15) is 46.5 Å². The van der Waals surface area contributed by atoms with Gasteiger partial charge < -0.3 is 14.4 Å². The molecule has 0 bridgehead atoms. The summed E-state index contributed by atoms with van der Waals surface area (Å²) in [5.41, 5.74) is -0.840. The Balaban J connectivity index is 2.06. The summed E-state index contributed by atoms with van der Waals surface area (Å²) < 4.78 is 63.0. The molecule has 2 aliphatic rings. The van der Waals surface area contributed by atoms with Crippen LogP contribution in [0.3, 0.4) is 0 Å². The molecule has 1 saturated heterocycles. The summed E-state index contributed by atoms with van der Waals surface area (Å²) in [5.74, 6) is -2.45. The van der Waals surface area contributed by atoms with E-state index in [1.54, 1.807) is 20.8 Å². The van der Waals surface area contributed by atoms with Gasteiger partial charge in [-0.1, -0.05) is 0 Å². The van der Waals surface area contributed by atoms with Gasteiger partial charge in [0, 0.05) is 44.3 Å². The molecular weight excluding hydrogens is 446 g/mol. The largest absolute Gasteiger partial charge is 0.443 e. The van der Waals surface area contributed by atoms with Crippen LogP contribution in [0.15, 0.2) is 11.2 Å². The van der Waals surface area contributed by atoms with Crippen molar-refractivity contribution >= 4 is 27.6 Å². The van der Waals surface area contributed by atoms with Crippen molar-refractivity contribution < 1.29 is 31.5 Å². The van der Waals surface area contributed by atoms with E-state index in [1.807, 2.05) is 4.90 Å². The third-order valence-corrected chi connectivity index (χ3v) is 6.08. The maximum absolute atomic E-state index is 13.8. The Bertz CT molecular complexity index is 936. The van der Waals surface area contributed by atoms with Crippen LogP contribution < -0.4 is 9.80 Å². The number of carbonyl (C=O) groups is 1. The molecule has 9 nitrogen and oxygen atoms in total. The highest BCUT2D eigenvalue weighted by Gasteiger charge is 2.41. The Morgan fingerprint density at radius 2 is 1.81 bits per heavy atom. The summed E-state index contributed by atoms with van der Waals surface area (Å²) in [6.45, 7) is 6.95. The molecule has 0 atom stereocenters. The maximum atomic E-state index is 13.8. The molecule has 0 unspecified atom stereocenters. The van der Waals surface area contributed by atoms with Crippen molar-refractivity contribution in [3.63, 3.8) is 0 Å². The summed E-state index contributed by atoms with van der Waals surface area (Å²) in [7, 11) is -3.81. The Morgan fingerprint density at radius 1 is 1.22 bits per heavy atom. The molecule has 32 heavy (non-hydrogen) atoms. The van der Waals surface area contributed by atoms with E-state index in [2.05, 4.69) is 9.97 Å². The van der Waals surface area contributed by atoms with E-state index in [0.717, 1.165) is 6.26 Å². The van der Waals surface area contributed by atoms with Gasteiger partial charge in [0.1, 0.15) is 17.2 Å². The zero-order chi connectivity index (χ0) is 23.7. The fraction of sp³-hybridized carbons (Fsp3) is 0.750. The second-order valence-corrected chi connectivity index (χ2v) is 11.1. The average molecular weight is 477 g/mol. The molecule has 2 fully saturated rings. The van der Waals surface area contributed by atoms with Gasteiger partial charge in [-0.2, -0.15) is 0 Å². The summed E-state index contributed by atoms with van der Waals surface area (Å²) in [6.07, 6.45) is -0.462. The van der Waals surface area contributed by atoms with Crippen molar-refractivity contribution in [1.29, 1.82) is 0 Å². The third-order valence-electron chi connectivity index (χ3n) is 5.23. The van der Waals surface area contributed by atoms with E-state index in [9.17, 15) is 22.0 Å². The third kappa shape index (κ3) is 6.25. The van der Waals surface area contributed by atoms with E-state index in [-0.39, 0.29) is 31.5 Å². The lowest BCUT2D eigenvalue weighted by molar-refractivity contribution is -0.0388. The van der Waals surface area contributed by atoms with Crippen molar-refractivity contribution in [1.82, 2.24) is 9.97 Å². The number of anilines is 2. The highest BCUT2D eigenvalue weighted by atomic mass is 32.2. The average Bonchev–Trinajstić information content (AvgIpc) is 2.68. The van der Waals surface area contributed by atoms with Gasteiger partial charge >= 0.3 is 6.09 Å². The number of aromatic nitrogens is 2. The lowest BCUT2D eigenvalue weighted by Gasteiger charge is -2.37. The van der Waals surface area contributed by atoms with Crippen molar-refractivity contribution in [2.24, 2.45) is 0 Å². The molecule has 0 N–H and O–H groups in total. The van der Waals surface area contributed by atoms with Crippen molar-refractivity contribution in [3.05, 3.63) is 6.07 Å². The lowest BCUT2D eigenvalue weighted by atomic mass is 9.91. The normalized spacial score (nSPS) is 20.1. The molecule has 1 aliphatic carbocycles. The molecule has 1 saturated carbocycles. The Labute approximate surface area is 187 Å². The van der Waals surface area contributed by atoms with Crippen LogP contribution in [-0.4, -0.2) is 74.6 Å². The van der Waals surface area contributed by atoms with Gasteiger partial charge in [0.25, 0.3) is 5.16 Å². The van der Waals surface area contributed by atoms with Crippen molar-refractivity contribution in [3.8, 4) is 0 Å². The molecule has 0 radical (unpaired) electrons. The molecule has 0 spiro atoms. The van der Waals surface area contributed by atoms with Gasteiger partial charge in [-0.25, -0.2) is 32.0 Å². The molecule has 12 heteroatoms. The number of amides is 1. The van der Waals surface area contributed by atoms with Crippen LogP contribution in [0.2, 0.25) is 0 Å². The minimum Gasteiger partial charge on any atom is -0.443 e. The molecule has 1 aromatic heterocycles. The quantitative estimate of drug-likeness (QED) is 0.611. The predicted octanol–water partition coefficient (Wildman–Crippen LogP) is 3.04. The number of hydrogen-bond acceptors (Lipinski definition) is 8. The van der Waals surface area contributed by atoms with Crippen LogP contribution in [0, 0.1) is 0 Å².